The van der Waals surface area contributed by atoms with Gasteiger partial charge in [0.05, 0.1) is 0 Å². The molecule has 1 aromatic carbocycles. The molecule has 1 aromatic rings. The van der Waals surface area contributed by atoms with Gasteiger partial charge in [-0.3, -0.25) is 4.90 Å². The van der Waals surface area contributed by atoms with Crippen molar-refractivity contribution in [1.82, 2.24) is 9.80 Å². The fraction of sp³-hybridized carbons (Fsp3) is 0.600. The first kappa shape index (κ1) is 11.2. The maximum absolute atomic E-state index is 2.67. The van der Waals surface area contributed by atoms with E-state index in [1.807, 2.05) is 0 Å². The quantitative estimate of drug-likeness (QED) is 0.726. The molecule has 2 heteroatoms. The molecule has 2 bridgehead atoms. The number of hydrogen-bond acceptors (Lipinski definition) is 2. The lowest BCUT2D eigenvalue weighted by Gasteiger charge is -2.47. The Bertz CT molecular complexity index is 402. The van der Waals surface area contributed by atoms with Crippen LogP contribution in [0.25, 0.3) is 0 Å². The number of rotatable bonds is 1. The molecule has 2 nitrogen and oxygen atoms in total. The summed E-state index contributed by atoms with van der Waals surface area (Å²) in [6.07, 6.45) is 2.44. The summed E-state index contributed by atoms with van der Waals surface area (Å²) < 4.78 is 0. The fourth-order valence-electron chi connectivity index (χ4n) is 3.42. The van der Waals surface area contributed by atoms with Crippen molar-refractivity contribution in [2.24, 2.45) is 0 Å². The largest absolute Gasteiger partial charge is 0.300 e. The van der Waals surface area contributed by atoms with Crippen molar-refractivity contribution < 1.29 is 0 Å². The van der Waals surface area contributed by atoms with Crippen molar-refractivity contribution in [3.63, 3.8) is 0 Å². The zero-order valence-electron chi connectivity index (χ0n) is 10.9. The zero-order valence-corrected chi connectivity index (χ0v) is 10.9. The summed E-state index contributed by atoms with van der Waals surface area (Å²) >= 11 is 0. The van der Waals surface area contributed by atoms with Crippen LogP contribution >= 0.6 is 0 Å². The van der Waals surface area contributed by atoms with Gasteiger partial charge in [-0.05, 0) is 37.6 Å². The van der Waals surface area contributed by atoms with Crippen molar-refractivity contribution in [3.8, 4) is 0 Å². The van der Waals surface area contributed by atoms with E-state index in [2.05, 4.69) is 48.0 Å². The van der Waals surface area contributed by atoms with Crippen LogP contribution in [0, 0.1) is 0 Å². The first-order valence-corrected chi connectivity index (χ1v) is 6.79. The molecular weight excluding hydrogens is 208 g/mol. The van der Waals surface area contributed by atoms with Crippen LogP contribution in [0.3, 0.4) is 0 Å². The molecule has 0 N–H and O–H groups in total. The molecule has 17 heavy (non-hydrogen) atoms. The second kappa shape index (κ2) is 4.43. The molecule has 0 aromatic heterocycles. The van der Waals surface area contributed by atoms with E-state index in [-0.39, 0.29) is 0 Å². The van der Waals surface area contributed by atoms with Gasteiger partial charge in [-0.1, -0.05) is 31.2 Å². The molecule has 4 rings (SSSR count). The number of benzene rings is 1. The minimum absolute atomic E-state index is 0.702. The Kier molecular flexibility index (Phi) is 2.93. The molecule has 2 atom stereocenters. The number of likely N-dealkylation sites (N-methyl/N-ethyl adjacent to an activating group) is 2. The monoisotopic (exact) mass is 230 g/mol. The highest BCUT2D eigenvalue weighted by Crippen LogP contribution is 2.26. The zero-order chi connectivity index (χ0) is 11.8. The van der Waals surface area contributed by atoms with Crippen molar-refractivity contribution in [3.05, 3.63) is 35.4 Å². The van der Waals surface area contributed by atoms with Crippen molar-refractivity contribution in [2.45, 2.75) is 31.8 Å². The molecular formula is C15H22N2. The summed E-state index contributed by atoms with van der Waals surface area (Å²) in [6.45, 7) is 5.96. The lowest BCUT2D eigenvalue weighted by Crippen LogP contribution is -2.59. The van der Waals surface area contributed by atoms with Crippen LogP contribution in [-0.4, -0.2) is 48.6 Å². The molecule has 3 aliphatic heterocycles. The first-order chi connectivity index (χ1) is 8.28. The minimum atomic E-state index is 0.702. The second-order valence-corrected chi connectivity index (χ2v) is 5.51. The van der Waals surface area contributed by atoms with Crippen LogP contribution in [0.5, 0.6) is 0 Å². The minimum Gasteiger partial charge on any atom is -0.300 e. The average Bonchev–Trinajstić information content (AvgIpc) is 2.31. The van der Waals surface area contributed by atoms with Crippen LogP contribution in [0.2, 0.25) is 0 Å². The van der Waals surface area contributed by atoms with E-state index in [0.29, 0.717) is 12.1 Å². The Morgan fingerprint density at radius 2 is 1.71 bits per heavy atom. The predicted molar refractivity (Wildman–Crippen MR) is 71.3 cm³/mol. The molecule has 0 amide bonds. The standard InChI is InChI=1S/C15H22N2/c1-3-17-11-14-8-12-6-4-5-7-13(12)9-15(17)10-16(14)2/h4-7,14-15H,3,8-11H2,1-2H3. The highest BCUT2D eigenvalue weighted by atomic mass is 15.3. The molecule has 0 spiro atoms. The molecule has 3 heterocycles. The van der Waals surface area contributed by atoms with Gasteiger partial charge in [0, 0.05) is 25.2 Å². The fourth-order valence-corrected chi connectivity index (χ4v) is 3.42. The van der Waals surface area contributed by atoms with Gasteiger partial charge >= 0.3 is 0 Å². The third-order valence-corrected chi connectivity index (χ3v) is 4.52. The normalized spacial score (nSPS) is 29.8. The number of piperazine rings is 1. The Morgan fingerprint density at radius 3 is 2.35 bits per heavy atom. The summed E-state index contributed by atoms with van der Waals surface area (Å²) in [5.74, 6) is 0. The van der Waals surface area contributed by atoms with E-state index >= 15 is 0 Å². The topological polar surface area (TPSA) is 6.48 Å². The maximum Gasteiger partial charge on any atom is 0.0264 e. The van der Waals surface area contributed by atoms with Gasteiger partial charge in [0.15, 0.2) is 0 Å². The van der Waals surface area contributed by atoms with Crippen molar-refractivity contribution in [1.29, 1.82) is 0 Å². The summed E-state index contributed by atoms with van der Waals surface area (Å²) in [7, 11) is 2.29. The van der Waals surface area contributed by atoms with Crippen LogP contribution < -0.4 is 0 Å². The summed E-state index contributed by atoms with van der Waals surface area (Å²) in [5.41, 5.74) is 3.15. The van der Waals surface area contributed by atoms with E-state index in [9.17, 15) is 0 Å². The SMILES string of the molecule is CCN1CC2Cc3ccccc3CC1CN2C. The van der Waals surface area contributed by atoms with Gasteiger partial charge in [0.25, 0.3) is 0 Å². The average molecular weight is 230 g/mol. The van der Waals surface area contributed by atoms with Gasteiger partial charge in [-0.2, -0.15) is 0 Å². The smallest absolute Gasteiger partial charge is 0.0264 e. The van der Waals surface area contributed by atoms with Crippen molar-refractivity contribution >= 4 is 0 Å². The maximum atomic E-state index is 2.67. The third kappa shape index (κ3) is 2.00. The van der Waals surface area contributed by atoms with Gasteiger partial charge in [0.2, 0.25) is 0 Å². The Morgan fingerprint density at radius 1 is 1.06 bits per heavy atom. The number of hydrogen-bond donors (Lipinski definition) is 0. The van der Waals surface area contributed by atoms with E-state index in [0.717, 1.165) is 0 Å². The summed E-state index contributed by atoms with van der Waals surface area (Å²) in [4.78, 5) is 5.23. The summed E-state index contributed by atoms with van der Waals surface area (Å²) in [6, 6.07) is 10.4. The first-order valence-electron chi connectivity index (χ1n) is 6.79. The van der Waals surface area contributed by atoms with Crippen LogP contribution in [-0.2, 0) is 12.8 Å². The molecule has 0 aliphatic carbocycles. The second-order valence-electron chi connectivity index (χ2n) is 5.51. The molecule has 2 unspecified atom stereocenters. The van der Waals surface area contributed by atoms with E-state index in [1.165, 1.54) is 32.5 Å². The Labute approximate surface area is 104 Å². The van der Waals surface area contributed by atoms with E-state index in [1.54, 1.807) is 11.1 Å². The molecule has 0 saturated carbocycles. The summed E-state index contributed by atoms with van der Waals surface area (Å²) in [5, 5.41) is 0. The molecule has 92 valence electrons. The number of nitrogens with zero attached hydrogens (tertiary/aromatic N) is 2. The molecule has 3 aliphatic rings. The lowest BCUT2D eigenvalue weighted by atomic mass is 9.88. The van der Waals surface area contributed by atoms with Crippen molar-refractivity contribution in [2.75, 3.05) is 26.7 Å². The van der Waals surface area contributed by atoms with Crippen LogP contribution in [0.15, 0.2) is 24.3 Å². The third-order valence-electron chi connectivity index (χ3n) is 4.52. The van der Waals surface area contributed by atoms with E-state index in [4.69, 9.17) is 0 Å². The van der Waals surface area contributed by atoms with Gasteiger partial charge in [-0.25, -0.2) is 0 Å². The molecule has 0 radical (unpaired) electrons. The van der Waals surface area contributed by atoms with Gasteiger partial charge in [-0.15, -0.1) is 0 Å². The van der Waals surface area contributed by atoms with Crippen LogP contribution in [0.1, 0.15) is 18.1 Å². The highest BCUT2D eigenvalue weighted by Gasteiger charge is 2.33. The Hall–Kier alpha value is -0.860. The Balaban J connectivity index is 1.97. The van der Waals surface area contributed by atoms with Crippen LogP contribution in [0.4, 0.5) is 0 Å². The molecule has 1 saturated heterocycles. The lowest BCUT2D eigenvalue weighted by molar-refractivity contribution is 0.0436. The van der Waals surface area contributed by atoms with Gasteiger partial charge < -0.3 is 4.90 Å². The van der Waals surface area contributed by atoms with E-state index < -0.39 is 0 Å². The molecule has 1 fully saturated rings. The predicted octanol–water partition coefficient (Wildman–Crippen LogP) is 1.79. The highest BCUT2D eigenvalue weighted by molar-refractivity contribution is 5.30. The van der Waals surface area contributed by atoms with Gasteiger partial charge in [0.1, 0.15) is 0 Å². The number of fused-ring (bicyclic) bond motifs is 2.